The fourth-order valence-electron chi connectivity index (χ4n) is 2.83. The van der Waals surface area contributed by atoms with Gasteiger partial charge in [0, 0.05) is 23.3 Å². The number of urea groups is 1. The molecule has 2 amide bonds. The number of ketones is 1. The van der Waals surface area contributed by atoms with Crippen LogP contribution in [0.15, 0.2) is 24.3 Å². The summed E-state index contributed by atoms with van der Waals surface area (Å²) in [6, 6.07) is 7.51. The van der Waals surface area contributed by atoms with Gasteiger partial charge in [-0.2, -0.15) is 0 Å². The highest BCUT2D eigenvalue weighted by atomic mass is 16.2. The molecule has 1 saturated heterocycles. The third-order valence-corrected chi connectivity index (χ3v) is 3.95. The van der Waals surface area contributed by atoms with Gasteiger partial charge >= 0.3 is 6.03 Å². The van der Waals surface area contributed by atoms with Crippen molar-refractivity contribution in [1.29, 1.82) is 0 Å². The van der Waals surface area contributed by atoms with E-state index in [1.54, 1.807) is 18.2 Å². The van der Waals surface area contributed by atoms with Gasteiger partial charge in [-0.15, -0.1) is 0 Å². The Hall–Kier alpha value is -1.84. The van der Waals surface area contributed by atoms with E-state index in [4.69, 9.17) is 0 Å². The molecule has 1 aliphatic rings. The second-order valence-electron chi connectivity index (χ2n) is 5.60. The van der Waals surface area contributed by atoms with Gasteiger partial charge in [-0.1, -0.05) is 12.1 Å². The Morgan fingerprint density at radius 2 is 1.85 bits per heavy atom. The van der Waals surface area contributed by atoms with Gasteiger partial charge in [0.1, 0.15) is 0 Å². The summed E-state index contributed by atoms with van der Waals surface area (Å²) in [5, 5.41) is 2.90. The van der Waals surface area contributed by atoms with Crippen molar-refractivity contribution in [3.05, 3.63) is 29.8 Å². The highest BCUT2D eigenvalue weighted by Crippen LogP contribution is 2.23. The molecule has 0 aliphatic carbocycles. The zero-order valence-electron chi connectivity index (χ0n) is 12.3. The van der Waals surface area contributed by atoms with Gasteiger partial charge in [-0.3, -0.25) is 4.79 Å². The zero-order valence-corrected chi connectivity index (χ0v) is 12.3. The largest absolute Gasteiger partial charge is 0.322 e. The van der Waals surface area contributed by atoms with Crippen molar-refractivity contribution in [3.63, 3.8) is 0 Å². The molecule has 4 heteroatoms. The fraction of sp³-hybridized carbons (Fsp3) is 0.500. The van der Waals surface area contributed by atoms with E-state index in [0.717, 1.165) is 12.8 Å². The molecule has 108 valence electrons. The van der Waals surface area contributed by atoms with E-state index in [9.17, 15) is 9.59 Å². The average molecular weight is 274 g/mol. The van der Waals surface area contributed by atoms with Crippen molar-refractivity contribution in [2.75, 3.05) is 5.32 Å². The lowest BCUT2D eigenvalue weighted by Crippen LogP contribution is -2.49. The first-order valence-electron chi connectivity index (χ1n) is 7.19. The van der Waals surface area contributed by atoms with Crippen LogP contribution in [0.3, 0.4) is 0 Å². The maximum Gasteiger partial charge on any atom is 0.322 e. The highest BCUT2D eigenvalue weighted by Gasteiger charge is 2.28. The fourth-order valence-corrected chi connectivity index (χ4v) is 2.83. The van der Waals surface area contributed by atoms with Crippen molar-refractivity contribution in [3.8, 4) is 0 Å². The van der Waals surface area contributed by atoms with Crippen molar-refractivity contribution in [2.45, 2.75) is 52.1 Å². The van der Waals surface area contributed by atoms with Gasteiger partial charge in [0.2, 0.25) is 0 Å². The topological polar surface area (TPSA) is 49.4 Å². The second kappa shape index (κ2) is 6.07. The SMILES string of the molecule is CC(=O)c1cccc(NC(=O)N2[C@H](C)CCC[C@@H]2C)c1. The number of rotatable bonds is 2. The molecule has 1 N–H and O–H groups in total. The number of Topliss-reactive ketones (excluding diaryl/α,β-unsaturated/α-hetero) is 1. The summed E-state index contributed by atoms with van der Waals surface area (Å²) in [5.74, 6) is 0.000748. The van der Waals surface area contributed by atoms with E-state index < -0.39 is 0 Å². The summed E-state index contributed by atoms with van der Waals surface area (Å²) in [5.41, 5.74) is 1.29. The highest BCUT2D eigenvalue weighted by molar-refractivity contribution is 5.96. The number of hydrogen-bond acceptors (Lipinski definition) is 2. The molecule has 4 nitrogen and oxygen atoms in total. The molecular formula is C16H22N2O2. The molecule has 0 saturated carbocycles. The van der Waals surface area contributed by atoms with Gasteiger partial charge < -0.3 is 10.2 Å². The van der Waals surface area contributed by atoms with Crippen molar-refractivity contribution >= 4 is 17.5 Å². The van der Waals surface area contributed by atoms with E-state index in [0.29, 0.717) is 11.3 Å². The zero-order chi connectivity index (χ0) is 14.7. The Balaban J connectivity index is 2.10. The Kier molecular flexibility index (Phi) is 4.42. The molecule has 20 heavy (non-hydrogen) atoms. The molecular weight excluding hydrogens is 252 g/mol. The number of carbonyl (C=O) groups excluding carboxylic acids is 2. The Morgan fingerprint density at radius 3 is 2.45 bits per heavy atom. The van der Waals surface area contributed by atoms with Crippen LogP contribution in [0, 0.1) is 0 Å². The van der Waals surface area contributed by atoms with Crippen LogP contribution >= 0.6 is 0 Å². The van der Waals surface area contributed by atoms with E-state index >= 15 is 0 Å². The lowest BCUT2D eigenvalue weighted by molar-refractivity contribution is 0.101. The lowest BCUT2D eigenvalue weighted by atomic mass is 9.98. The van der Waals surface area contributed by atoms with E-state index in [1.807, 2.05) is 11.0 Å². The maximum atomic E-state index is 12.4. The van der Waals surface area contributed by atoms with Crippen LogP contribution in [0.2, 0.25) is 0 Å². The molecule has 0 radical (unpaired) electrons. The number of piperidine rings is 1. The van der Waals surface area contributed by atoms with E-state index in [2.05, 4.69) is 19.2 Å². The summed E-state index contributed by atoms with van der Waals surface area (Å²) < 4.78 is 0. The quantitative estimate of drug-likeness (QED) is 0.836. The third kappa shape index (κ3) is 3.18. The molecule has 1 fully saturated rings. The molecule has 1 aromatic rings. The molecule has 1 aliphatic heterocycles. The van der Waals surface area contributed by atoms with Crippen LogP contribution in [0.1, 0.15) is 50.4 Å². The van der Waals surface area contributed by atoms with Crippen molar-refractivity contribution in [1.82, 2.24) is 4.90 Å². The molecule has 2 rings (SSSR count). The molecule has 0 bridgehead atoms. The molecule has 0 spiro atoms. The lowest BCUT2D eigenvalue weighted by Gasteiger charge is -2.38. The Bertz CT molecular complexity index is 503. The van der Waals surface area contributed by atoms with Crippen molar-refractivity contribution < 1.29 is 9.59 Å². The van der Waals surface area contributed by atoms with Gasteiger partial charge in [-0.05, 0) is 52.2 Å². The maximum absolute atomic E-state index is 12.4. The predicted molar refractivity (Wildman–Crippen MR) is 80.1 cm³/mol. The summed E-state index contributed by atoms with van der Waals surface area (Å²) in [6.45, 7) is 5.69. The Morgan fingerprint density at radius 1 is 1.20 bits per heavy atom. The van der Waals surface area contributed by atoms with Crippen LogP contribution < -0.4 is 5.32 Å². The minimum Gasteiger partial charge on any atom is -0.319 e. The number of likely N-dealkylation sites (tertiary alicyclic amines) is 1. The molecule has 1 aromatic carbocycles. The number of carbonyl (C=O) groups is 2. The standard InChI is InChI=1S/C16H22N2O2/c1-11-6-4-7-12(2)18(11)16(20)17-15-9-5-8-14(10-15)13(3)19/h5,8-12H,4,6-7H2,1-3H3,(H,17,20)/t11-,12+. The van der Waals surface area contributed by atoms with Crippen LogP contribution in [0.4, 0.5) is 10.5 Å². The van der Waals surface area contributed by atoms with Gasteiger partial charge in [0.25, 0.3) is 0 Å². The minimum atomic E-state index is -0.0783. The van der Waals surface area contributed by atoms with E-state index in [1.165, 1.54) is 13.3 Å². The Labute approximate surface area is 120 Å². The number of anilines is 1. The number of hydrogen-bond donors (Lipinski definition) is 1. The first-order valence-corrected chi connectivity index (χ1v) is 7.19. The molecule has 0 aromatic heterocycles. The first kappa shape index (κ1) is 14.6. The van der Waals surface area contributed by atoms with Crippen LogP contribution in [-0.4, -0.2) is 28.8 Å². The summed E-state index contributed by atoms with van der Waals surface area (Å²) in [7, 11) is 0. The van der Waals surface area contributed by atoms with Gasteiger partial charge in [0.05, 0.1) is 0 Å². The number of nitrogens with zero attached hydrogens (tertiary/aromatic N) is 1. The third-order valence-electron chi connectivity index (χ3n) is 3.95. The molecule has 0 unspecified atom stereocenters. The van der Waals surface area contributed by atoms with Gasteiger partial charge in [-0.25, -0.2) is 4.79 Å². The van der Waals surface area contributed by atoms with Crippen LogP contribution in [-0.2, 0) is 0 Å². The predicted octanol–water partition coefficient (Wildman–Crippen LogP) is 3.68. The van der Waals surface area contributed by atoms with Crippen molar-refractivity contribution in [2.24, 2.45) is 0 Å². The normalized spacial score (nSPS) is 22.4. The summed E-state index contributed by atoms with van der Waals surface area (Å²) in [4.78, 5) is 25.7. The number of benzene rings is 1. The smallest absolute Gasteiger partial charge is 0.319 e. The molecule has 2 atom stereocenters. The minimum absolute atomic E-state index is 0.000748. The second-order valence-corrected chi connectivity index (χ2v) is 5.60. The number of amides is 2. The summed E-state index contributed by atoms with van der Waals surface area (Å²) in [6.07, 6.45) is 3.27. The summed E-state index contributed by atoms with van der Waals surface area (Å²) >= 11 is 0. The first-order chi connectivity index (χ1) is 9.49. The van der Waals surface area contributed by atoms with E-state index in [-0.39, 0.29) is 23.9 Å². The molecule has 1 heterocycles. The van der Waals surface area contributed by atoms with Gasteiger partial charge in [0.15, 0.2) is 5.78 Å². The van der Waals surface area contributed by atoms with Crippen LogP contribution in [0.25, 0.3) is 0 Å². The number of nitrogens with one attached hydrogen (secondary N) is 1. The monoisotopic (exact) mass is 274 g/mol. The van der Waals surface area contributed by atoms with Crippen LogP contribution in [0.5, 0.6) is 0 Å². The average Bonchev–Trinajstić information content (AvgIpc) is 2.38.